The minimum Gasteiger partial charge on any atom is -0.496 e. The number of carboxylic acids is 1. The quantitative estimate of drug-likeness (QED) is 0.691. The number of carboxylic acid groups (broad SMARTS) is 1. The summed E-state index contributed by atoms with van der Waals surface area (Å²) in [6.45, 7) is 1.74. The van der Waals surface area contributed by atoms with E-state index in [1.165, 1.54) is 7.11 Å². The lowest BCUT2D eigenvalue weighted by Gasteiger charge is -2.18. The summed E-state index contributed by atoms with van der Waals surface area (Å²) in [6.07, 6.45) is -1.24. The molecule has 5 nitrogen and oxygen atoms in total. The number of aliphatic hydroxyl groups is 1. The number of hydrogen-bond acceptors (Lipinski definition) is 4. The second kappa shape index (κ2) is 4.96. The summed E-state index contributed by atoms with van der Waals surface area (Å²) in [5.41, 5.74) is 6.52. The van der Waals surface area contributed by atoms with Gasteiger partial charge in [-0.15, -0.1) is 0 Å². The van der Waals surface area contributed by atoms with Crippen LogP contribution in [0, 0.1) is 6.92 Å². The zero-order valence-electron chi connectivity index (χ0n) is 9.18. The lowest BCUT2D eigenvalue weighted by molar-refractivity contribution is -0.141. The number of methoxy groups -OCH3 is 1. The van der Waals surface area contributed by atoms with Gasteiger partial charge in [0.2, 0.25) is 0 Å². The van der Waals surface area contributed by atoms with E-state index in [0.717, 1.165) is 0 Å². The first kappa shape index (κ1) is 12.5. The highest BCUT2D eigenvalue weighted by atomic mass is 16.5. The van der Waals surface area contributed by atoms with Crippen molar-refractivity contribution in [3.05, 3.63) is 29.3 Å². The van der Waals surface area contributed by atoms with Crippen molar-refractivity contribution in [3.63, 3.8) is 0 Å². The summed E-state index contributed by atoms with van der Waals surface area (Å²) >= 11 is 0. The SMILES string of the molecule is COc1cccc(C(O)C(N)C(=O)O)c1C. The van der Waals surface area contributed by atoms with E-state index in [1.54, 1.807) is 25.1 Å². The van der Waals surface area contributed by atoms with Gasteiger partial charge >= 0.3 is 5.97 Å². The van der Waals surface area contributed by atoms with Crippen LogP contribution in [0.4, 0.5) is 0 Å². The third kappa shape index (κ3) is 2.32. The summed E-state index contributed by atoms with van der Waals surface area (Å²) in [5, 5.41) is 18.5. The van der Waals surface area contributed by atoms with Crippen LogP contribution in [0.3, 0.4) is 0 Å². The molecule has 0 aromatic heterocycles. The maximum Gasteiger partial charge on any atom is 0.323 e. The summed E-state index contributed by atoms with van der Waals surface area (Å²) in [7, 11) is 1.51. The van der Waals surface area contributed by atoms with Gasteiger partial charge in [0, 0.05) is 0 Å². The molecule has 0 saturated carbocycles. The standard InChI is InChI=1S/C11H15NO4/c1-6-7(4-3-5-8(6)16-2)10(13)9(12)11(14)15/h3-5,9-10,13H,12H2,1-2H3,(H,14,15). The fourth-order valence-electron chi connectivity index (χ4n) is 1.50. The smallest absolute Gasteiger partial charge is 0.323 e. The lowest BCUT2D eigenvalue weighted by Crippen LogP contribution is -2.36. The van der Waals surface area contributed by atoms with Crippen LogP contribution in [0.5, 0.6) is 5.75 Å². The maximum atomic E-state index is 10.7. The van der Waals surface area contributed by atoms with Crippen LogP contribution in [-0.2, 0) is 4.79 Å². The van der Waals surface area contributed by atoms with Gasteiger partial charge in [-0.2, -0.15) is 0 Å². The number of hydrogen-bond donors (Lipinski definition) is 3. The molecule has 0 spiro atoms. The molecular weight excluding hydrogens is 210 g/mol. The first-order valence-corrected chi connectivity index (χ1v) is 4.79. The minimum absolute atomic E-state index is 0.467. The molecule has 5 heteroatoms. The predicted molar refractivity (Wildman–Crippen MR) is 58.3 cm³/mol. The fourth-order valence-corrected chi connectivity index (χ4v) is 1.50. The fraction of sp³-hybridized carbons (Fsp3) is 0.364. The van der Waals surface area contributed by atoms with Gasteiger partial charge in [-0.25, -0.2) is 0 Å². The van der Waals surface area contributed by atoms with Crippen LogP contribution < -0.4 is 10.5 Å². The van der Waals surface area contributed by atoms with Crippen molar-refractivity contribution in [1.29, 1.82) is 0 Å². The van der Waals surface area contributed by atoms with E-state index >= 15 is 0 Å². The molecule has 0 bridgehead atoms. The first-order valence-electron chi connectivity index (χ1n) is 4.79. The van der Waals surface area contributed by atoms with Gasteiger partial charge < -0.3 is 20.7 Å². The van der Waals surface area contributed by atoms with Gasteiger partial charge in [0.15, 0.2) is 0 Å². The average molecular weight is 225 g/mol. The Bertz CT molecular complexity index is 392. The molecule has 88 valence electrons. The number of aliphatic carboxylic acids is 1. The molecule has 0 radical (unpaired) electrons. The molecule has 0 fully saturated rings. The van der Waals surface area contributed by atoms with Gasteiger partial charge in [0.25, 0.3) is 0 Å². The Kier molecular flexibility index (Phi) is 3.87. The number of carbonyl (C=O) groups is 1. The highest BCUT2D eigenvalue weighted by Gasteiger charge is 2.25. The third-order valence-electron chi connectivity index (χ3n) is 2.49. The first-order chi connectivity index (χ1) is 7.49. The second-order valence-electron chi connectivity index (χ2n) is 3.48. The highest BCUT2D eigenvalue weighted by molar-refractivity contribution is 5.74. The third-order valence-corrected chi connectivity index (χ3v) is 2.49. The maximum absolute atomic E-state index is 10.7. The molecule has 0 saturated heterocycles. The molecule has 0 amide bonds. The molecule has 2 atom stereocenters. The van der Waals surface area contributed by atoms with Crippen LogP contribution in [-0.4, -0.2) is 29.3 Å². The van der Waals surface area contributed by atoms with Gasteiger partial charge in [-0.05, 0) is 24.1 Å². The Hall–Kier alpha value is -1.59. The summed E-state index contributed by atoms with van der Waals surface area (Å²) in [5.74, 6) is -0.649. The zero-order valence-corrected chi connectivity index (χ0v) is 9.18. The van der Waals surface area contributed by atoms with Crippen molar-refractivity contribution in [1.82, 2.24) is 0 Å². The van der Waals surface area contributed by atoms with Crippen molar-refractivity contribution in [2.75, 3.05) is 7.11 Å². The molecule has 2 unspecified atom stereocenters. The molecule has 0 heterocycles. The Labute approximate surface area is 93.5 Å². The molecular formula is C11H15NO4. The summed E-state index contributed by atoms with van der Waals surface area (Å²) in [6, 6.07) is 3.70. The van der Waals surface area contributed by atoms with Gasteiger partial charge in [0.05, 0.1) is 7.11 Å². The minimum atomic E-state index is -1.34. The topological polar surface area (TPSA) is 92.8 Å². The van der Waals surface area contributed by atoms with E-state index in [0.29, 0.717) is 16.9 Å². The largest absolute Gasteiger partial charge is 0.496 e. The highest BCUT2D eigenvalue weighted by Crippen LogP contribution is 2.27. The van der Waals surface area contributed by atoms with Gasteiger partial charge in [-0.1, -0.05) is 12.1 Å². The van der Waals surface area contributed by atoms with Crippen molar-refractivity contribution in [3.8, 4) is 5.75 Å². The van der Waals surface area contributed by atoms with Crippen LogP contribution in [0.2, 0.25) is 0 Å². The average Bonchev–Trinajstić information content (AvgIpc) is 2.27. The normalized spacial score (nSPS) is 14.2. The van der Waals surface area contributed by atoms with Crippen LogP contribution >= 0.6 is 0 Å². The predicted octanol–water partition coefficient (Wildman–Crippen LogP) is 0.449. The molecule has 16 heavy (non-hydrogen) atoms. The van der Waals surface area contributed by atoms with Crippen molar-refractivity contribution >= 4 is 5.97 Å². The van der Waals surface area contributed by atoms with E-state index < -0.39 is 18.1 Å². The Morgan fingerprint density at radius 2 is 2.12 bits per heavy atom. The monoisotopic (exact) mass is 225 g/mol. The molecule has 1 rings (SSSR count). The van der Waals surface area contributed by atoms with Crippen LogP contribution in [0.25, 0.3) is 0 Å². The molecule has 0 aliphatic heterocycles. The number of rotatable bonds is 4. The van der Waals surface area contributed by atoms with E-state index in [9.17, 15) is 9.90 Å². The van der Waals surface area contributed by atoms with Crippen molar-refractivity contribution in [2.45, 2.75) is 19.1 Å². The van der Waals surface area contributed by atoms with E-state index in [-0.39, 0.29) is 0 Å². The Morgan fingerprint density at radius 3 is 2.62 bits per heavy atom. The Balaban J connectivity index is 3.08. The van der Waals surface area contributed by atoms with Crippen molar-refractivity contribution < 1.29 is 19.7 Å². The molecule has 1 aromatic rings. The Morgan fingerprint density at radius 1 is 1.50 bits per heavy atom. The van der Waals surface area contributed by atoms with E-state index in [1.807, 2.05) is 0 Å². The van der Waals surface area contributed by atoms with Gasteiger partial charge in [-0.3, -0.25) is 4.79 Å². The van der Waals surface area contributed by atoms with Crippen LogP contribution in [0.15, 0.2) is 18.2 Å². The molecule has 1 aromatic carbocycles. The molecule has 0 aliphatic rings. The number of ether oxygens (including phenoxy) is 1. The van der Waals surface area contributed by atoms with Gasteiger partial charge in [0.1, 0.15) is 17.9 Å². The lowest BCUT2D eigenvalue weighted by atomic mass is 9.98. The molecule has 0 aliphatic carbocycles. The van der Waals surface area contributed by atoms with E-state index in [2.05, 4.69) is 0 Å². The summed E-state index contributed by atoms with van der Waals surface area (Å²) < 4.78 is 5.08. The second-order valence-corrected chi connectivity index (χ2v) is 3.48. The number of nitrogens with two attached hydrogens (primary N) is 1. The summed E-state index contributed by atoms with van der Waals surface area (Å²) in [4.78, 5) is 10.7. The number of aliphatic hydroxyl groups excluding tert-OH is 1. The number of benzene rings is 1. The molecule has 4 N–H and O–H groups in total. The van der Waals surface area contributed by atoms with E-state index in [4.69, 9.17) is 15.6 Å². The van der Waals surface area contributed by atoms with Crippen LogP contribution in [0.1, 0.15) is 17.2 Å². The zero-order chi connectivity index (χ0) is 12.3. The van der Waals surface area contributed by atoms with Crippen molar-refractivity contribution in [2.24, 2.45) is 5.73 Å².